The third-order valence-electron chi connectivity index (χ3n) is 3.31. The fourth-order valence-corrected chi connectivity index (χ4v) is 2.39. The van der Waals surface area contributed by atoms with Crippen LogP contribution >= 0.6 is 0 Å². The Morgan fingerprint density at radius 2 is 2.21 bits per heavy atom. The van der Waals surface area contributed by atoms with Crippen LogP contribution in [-0.2, 0) is 6.42 Å². The van der Waals surface area contributed by atoms with Crippen LogP contribution in [0.4, 0.5) is 5.95 Å². The summed E-state index contributed by atoms with van der Waals surface area (Å²) in [6.45, 7) is 0. The molecule has 2 aromatic heterocycles. The second kappa shape index (κ2) is 4.79. The number of pyridine rings is 1. The first kappa shape index (κ1) is 11.8. The summed E-state index contributed by atoms with van der Waals surface area (Å²) in [5.74, 6) is 1.36. The predicted octanol–water partition coefficient (Wildman–Crippen LogP) is 1.39. The highest BCUT2D eigenvalue weighted by Crippen LogP contribution is 2.35. The van der Waals surface area contributed by atoms with Crippen molar-refractivity contribution in [3.05, 3.63) is 35.4 Å². The van der Waals surface area contributed by atoms with E-state index in [1.807, 2.05) is 12.3 Å². The number of ether oxygens (including phenoxy) is 1. The fourth-order valence-electron chi connectivity index (χ4n) is 2.39. The van der Waals surface area contributed by atoms with Gasteiger partial charge in [0.05, 0.1) is 18.7 Å². The topological polar surface area (TPSA) is 72.8 Å². The third-order valence-corrected chi connectivity index (χ3v) is 3.31. The molecule has 0 spiro atoms. The lowest BCUT2D eigenvalue weighted by molar-refractivity contribution is 0.375. The van der Waals surface area contributed by atoms with E-state index < -0.39 is 0 Å². The van der Waals surface area contributed by atoms with Crippen molar-refractivity contribution in [2.75, 3.05) is 19.5 Å². The molecule has 1 aliphatic rings. The highest BCUT2D eigenvalue weighted by molar-refractivity contribution is 5.35. The Labute approximate surface area is 111 Å². The first-order valence-electron chi connectivity index (χ1n) is 6.23. The summed E-state index contributed by atoms with van der Waals surface area (Å²) in [6, 6.07) is 4.41. The van der Waals surface area contributed by atoms with Crippen LogP contribution in [0.25, 0.3) is 0 Å². The van der Waals surface area contributed by atoms with Crippen molar-refractivity contribution < 1.29 is 4.74 Å². The van der Waals surface area contributed by atoms with Gasteiger partial charge >= 0.3 is 6.01 Å². The van der Waals surface area contributed by atoms with Gasteiger partial charge < -0.3 is 10.1 Å². The average Bonchev–Trinajstić information content (AvgIpc) is 2.90. The number of nitrogens with zero attached hydrogens (tertiary/aromatic N) is 4. The van der Waals surface area contributed by atoms with Crippen molar-refractivity contribution in [1.82, 2.24) is 19.9 Å². The maximum absolute atomic E-state index is 5.12. The van der Waals surface area contributed by atoms with Gasteiger partial charge in [0.1, 0.15) is 5.82 Å². The Morgan fingerprint density at radius 3 is 3.00 bits per heavy atom. The molecule has 0 bridgehead atoms. The van der Waals surface area contributed by atoms with E-state index in [1.165, 1.54) is 5.56 Å². The first-order chi connectivity index (χ1) is 9.31. The highest BCUT2D eigenvalue weighted by atomic mass is 16.5. The molecule has 0 amide bonds. The van der Waals surface area contributed by atoms with Gasteiger partial charge in [-0.25, -0.2) is 0 Å². The van der Waals surface area contributed by atoms with Crippen molar-refractivity contribution in [1.29, 1.82) is 0 Å². The molecular weight excluding hydrogens is 242 g/mol. The summed E-state index contributed by atoms with van der Waals surface area (Å²) in [5, 5.41) is 2.93. The normalized spacial score (nSPS) is 17.1. The van der Waals surface area contributed by atoms with Gasteiger partial charge in [-0.2, -0.15) is 15.0 Å². The van der Waals surface area contributed by atoms with E-state index in [9.17, 15) is 0 Å². The monoisotopic (exact) mass is 257 g/mol. The molecule has 0 saturated carbocycles. The number of anilines is 1. The van der Waals surface area contributed by atoms with E-state index in [0.29, 0.717) is 17.8 Å². The Bertz CT molecular complexity index is 579. The number of aryl methyl sites for hydroxylation is 1. The highest BCUT2D eigenvalue weighted by Gasteiger charge is 2.28. The van der Waals surface area contributed by atoms with Gasteiger partial charge in [0.2, 0.25) is 5.95 Å². The second-order valence-corrected chi connectivity index (χ2v) is 4.39. The third kappa shape index (κ3) is 2.09. The van der Waals surface area contributed by atoms with Gasteiger partial charge in [-0.3, -0.25) is 4.98 Å². The lowest BCUT2D eigenvalue weighted by Gasteiger charge is -2.11. The molecule has 1 aliphatic carbocycles. The molecule has 19 heavy (non-hydrogen) atoms. The number of aromatic nitrogens is 4. The van der Waals surface area contributed by atoms with E-state index in [0.717, 1.165) is 18.5 Å². The van der Waals surface area contributed by atoms with Crippen LogP contribution in [0.2, 0.25) is 0 Å². The van der Waals surface area contributed by atoms with Gasteiger partial charge in [-0.05, 0) is 24.5 Å². The molecule has 1 unspecified atom stereocenters. The summed E-state index contributed by atoms with van der Waals surface area (Å²) in [4.78, 5) is 17.4. The van der Waals surface area contributed by atoms with E-state index in [1.54, 1.807) is 14.2 Å². The van der Waals surface area contributed by atoms with Gasteiger partial charge in [-0.15, -0.1) is 0 Å². The smallest absolute Gasteiger partial charge is 0.321 e. The minimum atomic E-state index is 0.125. The van der Waals surface area contributed by atoms with Crippen LogP contribution < -0.4 is 10.1 Å². The molecule has 0 fully saturated rings. The summed E-state index contributed by atoms with van der Waals surface area (Å²) in [7, 11) is 3.33. The van der Waals surface area contributed by atoms with Crippen molar-refractivity contribution >= 4 is 5.95 Å². The van der Waals surface area contributed by atoms with Crippen LogP contribution in [0, 0.1) is 0 Å². The SMILES string of the molecule is CNc1nc(OC)nc(C2CCc3cccnc32)n1. The number of methoxy groups -OCH3 is 1. The average molecular weight is 257 g/mol. The van der Waals surface area contributed by atoms with Gasteiger partial charge in [-0.1, -0.05) is 6.07 Å². The Hall–Kier alpha value is -2.24. The predicted molar refractivity (Wildman–Crippen MR) is 70.3 cm³/mol. The molecule has 6 heteroatoms. The maximum Gasteiger partial charge on any atom is 0.321 e. The van der Waals surface area contributed by atoms with Gasteiger partial charge in [0.25, 0.3) is 0 Å². The number of hydrogen-bond acceptors (Lipinski definition) is 6. The number of nitrogens with one attached hydrogen (secondary N) is 1. The minimum absolute atomic E-state index is 0.125. The number of hydrogen-bond donors (Lipinski definition) is 1. The Morgan fingerprint density at radius 1 is 1.32 bits per heavy atom. The molecular formula is C13H15N5O. The van der Waals surface area contributed by atoms with Crippen LogP contribution in [0.5, 0.6) is 6.01 Å². The van der Waals surface area contributed by atoms with Crippen molar-refractivity contribution in [2.24, 2.45) is 0 Å². The molecule has 0 aliphatic heterocycles. The van der Waals surface area contributed by atoms with E-state index in [2.05, 4.69) is 31.3 Å². The largest absolute Gasteiger partial charge is 0.467 e. The van der Waals surface area contributed by atoms with Crippen molar-refractivity contribution in [2.45, 2.75) is 18.8 Å². The Kier molecular flexibility index (Phi) is 2.98. The molecule has 0 aromatic carbocycles. The van der Waals surface area contributed by atoms with Gasteiger partial charge in [0.15, 0.2) is 0 Å². The number of fused-ring (bicyclic) bond motifs is 1. The molecule has 3 rings (SSSR count). The molecule has 2 aromatic rings. The molecule has 0 saturated heterocycles. The molecule has 0 radical (unpaired) electrons. The standard InChI is InChI=1S/C13H15N5O/c1-14-12-16-11(17-13(18-12)19-2)9-6-5-8-4-3-7-15-10(8)9/h3-4,7,9H,5-6H2,1-2H3,(H,14,16,17,18). The lowest BCUT2D eigenvalue weighted by Crippen LogP contribution is -2.10. The zero-order valence-electron chi connectivity index (χ0n) is 10.9. The van der Waals surface area contributed by atoms with Crippen molar-refractivity contribution in [3.63, 3.8) is 0 Å². The van der Waals surface area contributed by atoms with Crippen LogP contribution in [0.15, 0.2) is 18.3 Å². The first-order valence-corrected chi connectivity index (χ1v) is 6.23. The summed E-state index contributed by atoms with van der Waals surface area (Å²) < 4.78 is 5.12. The number of rotatable bonds is 3. The van der Waals surface area contributed by atoms with Gasteiger partial charge in [0, 0.05) is 13.2 Å². The van der Waals surface area contributed by atoms with Crippen molar-refractivity contribution in [3.8, 4) is 6.01 Å². The maximum atomic E-state index is 5.12. The summed E-state index contributed by atoms with van der Waals surface area (Å²) in [5.41, 5.74) is 2.34. The van der Waals surface area contributed by atoms with E-state index in [4.69, 9.17) is 4.74 Å². The van der Waals surface area contributed by atoms with Crippen LogP contribution in [0.3, 0.4) is 0 Å². The molecule has 1 N–H and O–H groups in total. The molecule has 98 valence electrons. The molecule has 6 nitrogen and oxygen atoms in total. The van der Waals surface area contributed by atoms with Crippen LogP contribution in [0.1, 0.15) is 29.4 Å². The van der Waals surface area contributed by atoms with E-state index >= 15 is 0 Å². The summed E-state index contributed by atoms with van der Waals surface area (Å²) >= 11 is 0. The fraction of sp³-hybridized carbons (Fsp3) is 0.385. The quantitative estimate of drug-likeness (QED) is 0.896. The zero-order valence-corrected chi connectivity index (χ0v) is 10.9. The second-order valence-electron chi connectivity index (χ2n) is 4.39. The minimum Gasteiger partial charge on any atom is -0.467 e. The summed E-state index contributed by atoms with van der Waals surface area (Å²) in [6.07, 6.45) is 3.80. The molecule has 2 heterocycles. The zero-order chi connectivity index (χ0) is 13.2. The van der Waals surface area contributed by atoms with Crippen LogP contribution in [-0.4, -0.2) is 34.1 Å². The Balaban J connectivity index is 2.04. The van der Waals surface area contributed by atoms with E-state index in [-0.39, 0.29) is 5.92 Å². The molecule has 1 atom stereocenters. The lowest BCUT2D eigenvalue weighted by atomic mass is 10.1.